The molecule has 4 rings (SSSR count). The highest BCUT2D eigenvalue weighted by Gasteiger charge is 2.29. The van der Waals surface area contributed by atoms with Crippen molar-refractivity contribution in [2.45, 2.75) is 31.9 Å². The minimum absolute atomic E-state index is 0.108. The van der Waals surface area contributed by atoms with Gasteiger partial charge in [0.05, 0.1) is 18.9 Å². The van der Waals surface area contributed by atoms with Crippen LogP contribution in [0.15, 0.2) is 30.5 Å². The van der Waals surface area contributed by atoms with Crippen molar-refractivity contribution in [1.82, 2.24) is 15.1 Å². The van der Waals surface area contributed by atoms with Gasteiger partial charge < -0.3 is 19.5 Å². The maximum absolute atomic E-state index is 6.08. The van der Waals surface area contributed by atoms with Gasteiger partial charge in [-0.2, -0.15) is 5.10 Å². The van der Waals surface area contributed by atoms with Gasteiger partial charge in [-0.15, -0.1) is 0 Å². The molecule has 2 aromatic rings. The van der Waals surface area contributed by atoms with E-state index in [4.69, 9.17) is 14.2 Å². The monoisotopic (exact) mass is 357 g/mol. The number of fused-ring (bicyclic) bond motifs is 1. The van der Waals surface area contributed by atoms with Gasteiger partial charge in [0.15, 0.2) is 11.5 Å². The highest BCUT2D eigenvalue weighted by Crippen LogP contribution is 2.34. The van der Waals surface area contributed by atoms with Crippen LogP contribution in [0.1, 0.15) is 36.6 Å². The van der Waals surface area contributed by atoms with E-state index in [9.17, 15) is 0 Å². The Morgan fingerprint density at radius 3 is 2.96 bits per heavy atom. The summed E-state index contributed by atoms with van der Waals surface area (Å²) in [6.45, 7) is 3.92. The maximum atomic E-state index is 6.08. The van der Waals surface area contributed by atoms with Crippen molar-refractivity contribution in [1.29, 1.82) is 0 Å². The van der Waals surface area contributed by atoms with Crippen molar-refractivity contribution in [3.05, 3.63) is 41.7 Å². The SMILES string of the molecule is Cn1nccc1[C@@H]1OCCC[C@H]1CNCc1cccc2c1OCCCO2. The molecule has 6 nitrogen and oxygen atoms in total. The first-order chi connectivity index (χ1) is 12.8. The van der Waals surface area contributed by atoms with E-state index in [1.807, 2.05) is 30.1 Å². The number of rotatable bonds is 5. The van der Waals surface area contributed by atoms with Gasteiger partial charge in [0, 0.05) is 50.8 Å². The smallest absolute Gasteiger partial charge is 0.165 e. The van der Waals surface area contributed by atoms with Crippen molar-refractivity contribution < 1.29 is 14.2 Å². The number of nitrogens with one attached hydrogen (secondary N) is 1. The summed E-state index contributed by atoms with van der Waals surface area (Å²) in [4.78, 5) is 0. The van der Waals surface area contributed by atoms with Crippen LogP contribution in [0, 0.1) is 5.92 Å². The lowest BCUT2D eigenvalue weighted by atomic mass is 9.92. The Balaban J connectivity index is 1.40. The standard InChI is InChI=1S/C20H27N3O3/c1-23-17(8-9-22-23)19-15(6-3-10-25-19)13-21-14-16-5-2-7-18-20(16)26-12-4-11-24-18/h2,5,7-9,15,19,21H,3-4,6,10-14H2,1H3/t15-,19+/m0/s1. The van der Waals surface area contributed by atoms with Gasteiger partial charge in [-0.25, -0.2) is 0 Å². The predicted molar refractivity (Wildman–Crippen MR) is 98.4 cm³/mol. The van der Waals surface area contributed by atoms with Crippen LogP contribution in [0.2, 0.25) is 0 Å². The molecule has 1 aromatic heterocycles. The minimum atomic E-state index is 0.108. The molecule has 2 aliphatic heterocycles. The summed E-state index contributed by atoms with van der Waals surface area (Å²) in [6.07, 6.45) is 5.14. The van der Waals surface area contributed by atoms with Crippen molar-refractivity contribution in [3.8, 4) is 11.5 Å². The van der Waals surface area contributed by atoms with Crippen LogP contribution in [0.3, 0.4) is 0 Å². The third-order valence-corrected chi connectivity index (χ3v) is 5.17. The number of nitrogens with zero attached hydrogens (tertiary/aromatic N) is 2. The molecule has 0 spiro atoms. The van der Waals surface area contributed by atoms with E-state index in [1.165, 1.54) is 0 Å². The van der Waals surface area contributed by atoms with Gasteiger partial charge in [0.2, 0.25) is 0 Å². The Morgan fingerprint density at radius 1 is 1.15 bits per heavy atom. The van der Waals surface area contributed by atoms with Gasteiger partial charge in [0.1, 0.15) is 6.10 Å². The molecular formula is C20H27N3O3. The topological polar surface area (TPSA) is 57.5 Å². The van der Waals surface area contributed by atoms with Crippen LogP contribution >= 0.6 is 0 Å². The quantitative estimate of drug-likeness (QED) is 0.892. The lowest BCUT2D eigenvalue weighted by Gasteiger charge is -2.32. The summed E-state index contributed by atoms with van der Waals surface area (Å²) >= 11 is 0. The normalized spacial score (nSPS) is 22.8. The molecule has 0 radical (unpaired) electrons. The maximum Gasteiger partial charge on any atom is 0.165 e. The van der Waals surface area contributed by atoms with Crippen molar-refractivity contribution in [2.75, 3.05) is 26.4 Å². The molecule has 1 saturated heterocycles. The summed E-state index contributed by atoms with van der Waals surface area (Å²) in [7, 11) is 1.98. The Hall–Kier alpha value is -2.05. The zero-order valence-corrected chi connectivity index (χ0v) is 15.3. The van der Waals surface area contributed by atoms with E-state index >= 15 is 0 Å². The summed E-state index contributed by atoms with van der Waals surface area (Å²) in [5.41, 5.74) is 2.31. The average Bonchev–Trinajstić information content (AvgIpc) is 2.94. The lowest BCUT2D eigenvalue weighted by Crippen LogP contribution is -2.32. The van der Waals surface area contributed by atoms with E-state index in [0.29, 0.717) is 12.5 Å². The third kappa shape index (κ3) is 3.71. The number of hydrogen-bond acceptors (Lipinski definition) is 5. The van der Waals surface area contributed by atoms with Crippen LogP contribution < -0.4 is 14.8 Å². The van der Waals surface area contributed by atoms with Crippen molar-refractivity contribution in [3.63, 3.8) is 0 Å². The van der Waals surface area contributed by atoms with E-state index in [1.54, 1.807) is 0 Å². The number of para-hydroxylation sites is 1. The fraction of sp³-hybridized carbons (Fsp3) is 0.550. The van der Waals surface area contributed by atoms with Gasteiger partial charge in [-0.05, 0) is 25.0 Å². The highest BCUT2D eigenvalue weighted by molar-refractivity contribution is 5.47. The first-order valence-corrected chi connectivity index (χ1v) is 9.50. The molecule has 1 aromatic carbocycles. The van der Waals surface area contributed by atoms with Crippen molar-refractivity contribution in [2.24, 2.45) is 13.0 Å². The van der Waals surface area contributed by atoms with Gasteiger partial charge in [-0.3, -0.25) is 4.68 Å². The van der Waals surface area contributed by atoms with Crippen LogP contribution in [0.5, 0.6) is 11.5 Å². The third-order valence-electron chi connectivity index (χ3n) is 5.17. The molecule has 1 fully saturated rings. The second-order valence-corrected chi connectivity index (χ2v) is 7.00. The van der Waals surface area contributed by atoms with Gasteiger partial charge >= 0.3 is 0 Å². The molecule has 6 heteroatoms. The Kier molecular flexibility index (Phi) is 5.41. The summed E-state index contributed by atoms with van der Waals surface area (Å²) in [5, 5.41) is 7.91. The average molecular weight is 357 g/mol. The van der Waals surface area contributed by atoms with E-state index in [-0.39, 0.29) is 6.10 Å². The Bertz CT molecular complexity index is 731. The summed E-state index contributed by atoms with van der Waals surface area (Å²) in [5.74, 6) is 2.19. The number of aryl methyl sites for hydroxylation is 1. The van der Waals surface area contributed by atoms with Crippen molar-refractivity contribution >= 4 is 0 Å². The van der Waals surface area contributed by atoms with Gasteiger partial charge in [-0.1, -0.05) is 12.1 Å². The molecule has 0 aliphatic carbocycles. The van der Waals surface area contributed by atoms with E-state index in [0.717, 1.165) is 68.3 Å². The van der Waals surface area contributed by atoms with E-state index < -0.39 is 0 Å². The second-order valence-electron chi connectivity index (χ2n) is 7.00. The molecule has 26 heavy (non-hydrogen) atoms. The number of aromatic nitrogens is 2. The first-order valence-electron chi connectivity index (χ1n) is 9.50. The van der Waals surface area contributed by atoms with Crippen LogP contribution in [0.25, 0.3) is 0 Å². The first kappa shape index (κ1) is 17.4. The minimum Gasteiger partial charge on any atom is -0.490 e. The summed E-state index contributed by atoms with van der Waals surface area (Å²) in [6, 6.07) is 8.19. The zero-order valence-electron chi connectivity index (χ0n) is 15.3. The van der Waals surface area contributed by atoms with Crippen LogP contribution in [0.4, 0.5) is 0 Å². The zero-order chi connectivity index (χ0) is 17.8. The molecule has 0 bridgehead atoms. The fourth-order valence-corrected chi connectivity index (χ4v) is 3.83. The molecule has 2 aliphatic rings. The van der Waals surface area contributed by atoms with Crippen LogP contribution in [-0.4, -0.2) is 36.1 Å². The molecule has 0 unspecified atom stereocenters. The molecule has 3 heterocycles. The highest BCUT2D eigenvalue weighted by atomic mass is 16.5. The predicted octanol–water partition coefficient (Wildman–Crippen LogP) is 2.84. The second kappa shape index (κ2) is 8.10. The molecular weight excluding hydrogens is 330 g/mol. The molecule has 2 atom stereocenters. The number of benzene rings is 1. The van der Waals surface area contributed by atoms with Gasteiger partial charge in [0.25, 0.3) is 0 Å². The number of ether oxygens (including phenoxy) is 3. The molecule has 1 N–H and O–H groups in total. The number of hydrogen-bond donors (Lipinski definition) is 1. The molecule has 0 saturated carbocycles. The largest absolute Gasteiger partial charge is 0.490 e. The molecule has 0 amide bonds. The Labute approximate surface area is 154 Å². The van der Waals surface area contributed by atoms with E-state index in [2.05, 4.69) is 22.5 Å². The summed E-state index contributed by atoms with van der Waals surface area (Å²) < 4.78 is 19.7. The lowest BCUT2D eigenvalue weighted by molar-refractivity contribution is -0.0323. The Morgan fingerprint density at radius 2 is 2.08 bits per heavy atom. The van der Waals surface area contributed by atoms with Crippen LogP contribution in [-0.2, 0) is 18.3 Å². The molecule has 140 valence electrons. The fourth-order valence-electron chi connectivity index (χ4n) is 3.83.